The van der Waals surface area contributed by atoms with Crippen molar-refractivity contribution in [1.82, 2.24) is 25.3 Å². The molecule has 1 fully saturated rings. The van der Waals surface area contributed by atoms with Gasteiger partial charge < -0.3 is 15.5 Å². The van der Waals surface area contributed by atoms with Crippen LogP contribution in [0.25, 0.3) is 0 Å². The summed E-state index contributed by atoms with van der Waals surface area (Å²) in [5.74, 6) is -0.0362. The minimum absolute atomic E-state index is 0. The fourth-order valence-electron chi connectivity index (χ4n) is 2.99. The fourth-order valence-corrected chi connectivity index (χ4v) is 2.99. The summed E-state index contributed by atoms with van der Waals surface area (Å²) in [6.45, 7) is 3.92. The second-order valence-electron chi connectivity index (χ2n) is 6.08. The minimum Gasteiger partial charge on any atom is -0.356 e. The van der Waals surface area contributed by atoms with E-state index in [4.69, 9.17) is 0 Å². The normalized spacial score (nSPS) is 18.6. The minimum atomic E-state index is -0.416. The summed E-state index contributed by atoms with van der Waals surface area (Å²) in [7, 11) is 3.60. The lowest BCUT2D eigenvalue weighted by atomic mass is 9.96. The van der Waals surface area contributed by atoms with Crippen molar-refractivity contribution in [2.75, 3.05) is 26.7 Å². The van der Waals surface area contributed by atoms with E-state index in [0.29, 0.717) is 19.6 Å². The van der Waals surface area contributed by atoms with Crippen LogP contribution in [-0.2, 0) is 16.6 Å². The second kappa shape index (κ2) is 9.64. The largest absolute Gasteiger partial charge is 0.356 e. The molecule has 0 saturated carbocycles. The molecule has 8 heteroatoms. The lowest BCUT2D eigenvalue weighted by Gasteiger charge is -2.34. The topological polar surface area (TPSA) is 79.3 Å². The molecule has 2 heterocycles. The summed E-state index contributed by atoms with van der Waals surface area (Å²) in [5.41, 5.74) is 0.845. The number of likely N-dealkylation sites (tertiary alicyclic amines) is 1. The summed E-state index contributed by atoms with van der Waals surface area (Å²) in [6.07, 6.45) is 6.17. The first-order chi connectivity index (χ1) is 11.1. The van der Waals surface area contributed by atoms with Gasteiger partial charge in [-0.05, 0) is 26.3 Å². The van der Waals surface area contributed by atoms with E-state index in [1.165, 1.54) is 0 Å². The molecule has 1 aliphatic rings. The van der Waals surface area contributed by atoms with Gasteiger partial charge in [0.2, 0.25) is 11.8 Å². The third-order valence-electron chi connectivity index (χ3n) is 4.25. The molecule has 0 bridgehead atoms. The van der Waals surface area contributed by atoms with Crippen molar-refractivity contribution in [1.29, 1.82) is 0 Å². The Hall–Kier alpha value is -1.60. The number of hydrogen-bond acceptors (Lipinski definition) is 4. The Balaban J connectivity index is 0.00000288. The molecule has 1 aromatic heterocycles. The van der Waals surface area contributed by atoms with Crippen molar-refractivity contribution in [3.63, 3.8) is 0 Å². The molecule has 0 aromatic carbocycles. The van der Waals surface area contributed by atoms with E-state index in [0.717, 1.165) is 24.8 Å². The monoisotopic (exact) mass is 357 g/mol. The van der Waals surface area contributed by atoms with Crippen molar-refractivity contribution in [2.45, 2.75) is 32.2 Å². The highest BCUT2D eigenvalue weighted by Crippen LogP contribution is 2.21. The number of carbonyl (C=O) groups excluding carboxylic acids is 2. The van der Waals surface area contributed by atoms with Crippen LogP contribution in [0.4, 0.5) is 0 Å². The van der Waals surface area contributed by atoms with Crippen LogP contribution in [0.15, 0.2) is 12.4 Å². The van der Waals surface area contributed by atoms with E-state index >= 15 is 0 Å². The van der Waals surface area contributed by atoms with Gasteiger partial charge in [0.25, 0.3) is 0 Å². The van der Waals surface area contributed by atoms with Crippen LogP contribution >= 0.6 is 12.4 Å². The number of aromatic nitrogens is 2. The zero-order valence-electron chi connectivity index (χ0n) is 14.6. The molecule has 136 valence electrons. The number of nitrogens with one attached hydrogen (secondary N) is 2. The summed E-state index contributed by atoms with van der Waals surface area (Å²) < 4.78 is 1.68. The van der Waals surface area contributed by atoms with E-state index in [2.05, 4.69) is 15.7 Å². The molecule has 2 rings (SSSR count). The van der Waals surface area contributed by atoms with E-state index in [-0.39, 0.29) is 30.1 Å². The van der Waals surface area contributed by atoms with Crippen LogP contribution < -0.4 is 10.6 Å². The molecule has 24 heavy (non-hydrogen) atoms. The average molecular weight is 358 g/mol. The van der Waals surface area contributed by atoms with Crippen molar-refractivity contribution < 1.29 is 9.59 Å². The lowest BCUT2D eigenvalue weighted by Crippen LogP contribution is -2.48. The fraction of sp³-hybridized carbons (Fsp3) is 0.688. The molecule has 2 atom stereocenters. The first-order valence-electron chi connectivity index (χ1n) is 8.29. The SMILES string of the molecule is CCCNC(=O)C1CCCN(C(=O)C(NC)c2cnn(C)c2)C1.Cl. The Bertz CT molecular complexity index is 548. The molecular weight excluding hydrogens is 330 g/mol. The quantitative estimate of drug-likeness (QED) is 0.791. The number of nitrogens with zero attached hydrogens (tertiary/aromatic N) is 3. The molecule has 7 nitrogen and oxygen atoms in total. The Morgan fingerprint density at radius 2 is 2.21 bits per heavy atom. The summed E-state index contributed by atoms with van der Waals surface area (Å²) in [4.78, 5) is 26.8. The van der Waals surface area contributed by atoms with Gasteiger partial charge in [-0.3, -0.25) is 14.3 Å². The number of rotatable bonds is 6. The molecule has 2 unspecified atom stereocenters. The number of likely N-dealkylation sites (N-methyl/N-ethyl adjacent to an activating group) is 1. The summed E-state index contributed by atoms with van der Waals surface area (Å²) in [6, 6.07) is -0.416. The maximum absolute atomic E-state index is 12.8. The number of piperidine rings is 1. The van der Waals surface area contributed by atoms with Gasteiger partial charge in [-0.1, -0.05) is 6.92 Å². The van der Waals surface area contributed by atoms with Gasteiger partial charge in [0, 0.05) is 38.4 Å². The maximum atomic E-state index is 12.8. The average Bonchev–Trinajstić information content (AvgIpc) is 2.99. The van der Waals surface area contributed by atoms with Crippen molar-refractivity contribution in [2.24, 2.45) is 13.0 Å². The summed E-state index contributed by atoms with van der Waals surface area (Å²) in [5, 5.41) is 10.1. The van der Waals surface area contributed by atoms with Gasteiger partial charge in [-0.25, -0.2) is 0 Å². The highest BCUT2D eigenvalue weighted by molar-refractivity contribution is 5.85. The van der Waals surface area contributed by atoms with Crippen molar-refractivity contribution in [3.8, 4) is 0 Å². The zero-order valence-corrected chi connectivity index (χ0v) is 15.4. The van der Waals surface area contributed by atoms with Crippen LogP contribution in [0.1, 0.15) is 37.8 Å². The maximum Gasteiger partial charge on any atom is 0.244 e. The van der Waals surface area contributed by atoms with Gasteiger partial charge in [-0.2, -0.15) is 5.10 Å². The predicted molar refractivity (Wildman–Crippen MR) is 94.9 cm³/mol. The molecule has 2 N–H and O–H groups in total. The second-order valence-corrected chi connectivity index (χ2v) is 6.08. The smallest absolute Gasteiger partial charge is 0.244 e. The van der Waals surface area contributed by atoms with Crippen molar-refractivity contribution in [3.05, 3.63) is 18.0 Å². The van der Waals surface area contributed by atoms with E-state index in [9.17, 15) is 9.59 Å². The highest BCUT2D eigenvalue weighted by Gasteiger charge is 2.32. The highest BCUT2D eigenvalue weighted by atomic mass is 35.5. The standard InChI is InChI=1S/C16H27N5O2.ClH/c1-4-7-18-15(22)12-6-5-8-21(11-12)16(23)14(17-2)13-9-19-20(3)10-13;/h9-10,12,14,17H,4-8,11H2,1-3H3,(H,18,22);1H. The third kappa shape index (κ3) is 4.95. The van der Waals surface area contributed by atoms with Crippen LogP contribution in [0.3, 0.4) is 0 Å². The molecule has 1 aliphatic heterocycles. The van der Waals surface area contributed by atoms with Crippen LogP contribution in [-0.4, -0.2) is 53.2 Å². The predicted octanol–water partition coefficient (Wildman–Crippen LogP) is 0.867. The molecule has 0 aliphatic carbocycles. The van der Waals surface area contributed by atoms with Gasteiger partial charge in [0.15, 0.2) is 0 Å². The first-order valence-corrected chi connectivity index (χ1v) is 8.29. The van der Waals surface area contributed by atoms with Gasteiger partial charge in [0.05, 0.1) is 12.1 Å². The van der Waals surface area contributed by atoms with Gasteiger partial charge >= 0.3 is 0 Å². The Kier molecular flexibility index (Phi) is 8.21. The van der Waals surface area contributed by atoms with Crippen LogP contribution in [0.2, 0.25) is 0 Å². The molecule has 2 amide bonds. The van der Waals surface area contributed by atoms with Gasteiger partial charge in [-0.15, -0.1) is 12.4 Å². The van der Waals surface area contributed by atoms with Crippen LogP contribution in [0.5, 0.6) is 0 Å². The zero-order chi connectivity index (χ0) is 16.8. The molecule has 0 radical (unpaired) electrons. The van der Waals surface area contributed by atoms with E-state index in [1.54, 1.807) is 22.8 Å². The molecule has 1 aromatic rings. The number of carbonyl (C=O) groups is 2. The molecule has 1 saturated heterocycles. The number of halogens is 1. The third-order valence-corrected chi connectivity index (χ3v) is 4.25. The summed E-state index contributed by atoms with van der Waals surface area (Å²) >= 11 is 0. The van der Waals surface area contributed by atoms with E-state index in [1.807, 2.05) is 20.2 Å². The Morgan fingerprint density at radius 1 is 1.46 bits per heavy atom. The molecular formula is C16H28ClN5O2. The Morgan fingerprint density at radius 3 is 2.79 bits per heavy atom. The van der Waals surface area contributed by atoms with Crippen LogP contribution in [0, 0.1) is 5.92 Å². The number of aryl methyl sites for hydroxylation is 1. The first kappa shape index (κ1) is 20.4. The van der Waals surface area contributed by atoms with Crippen molar-refractivity contribution >= 4 is 24.2 Å². The van der Waals surface area contributed by atoms with Gasteiger partial charge in [0.1, 0.15) is 6.04 Å². The molecule has 0 spiro atoms. The number of amides is 2. The Labute approximate surface area is 149 Å². The lowest BCUT2D eigenvalue weighted by molar-refractivity contribution is -0.137. The number of hydrogen-bond donors (Lipinski definition) is 2. The van der Waals surface area contributed by atoms with E-state index < -0.39 is 6.04 Å².